The number of hydrogen-bond acceptors (Lipinski definition) is 9. The van der Waals surface area contributed by atoms with Crippen molar-refractivity contribution >= 4 is 38.6 Å². The Hall–Kier alpha value is -3.74. The predicted octanol–water partition coefficient (Wildman–Crippen LogP) is 2.40. The maximum absolute atomic E-state index is 14.0. The molecule has 1 aliphatic heterocycles. The highest BCUT2D eigenvalue weighted by atomic mass is 32.2. The number of nitrogens with one attached hydrogen (secondary N) is 2. The van der Waals surface area contributed by atoms with Gasteiger partial charge in [0.2, 0.25) is 27.7 Å². The quantitative estimate of drug-likeness (QED) is 0.460. The van der Waals surface area contributed by atoms with Crippen LogP contribution in [-0.2, 0) is 24.4 Å². The van der Waals surface area contributed by atoms with Crippen LogP contribution in [0.3, 0.4) is 0 Å². The highest BCUT2D eigenvalue weighted by Crippen LogP contribution is 2.47. The van der Waals surface area contributed by atoms with Crippen LogP contribution in [0.25, 0.3) is 10.9 Å². The van der Waals surface area contributed by atoms with Crippen molar-refractivity contribution in [3.8, 4) is 11.6 Å². The second-order valence-corrected chi connectivity index (χ2v) is 14.5. The number of methoxy groups -OCH3 is 1. The van der Waals surface area contributed by atoms with Crippen molar-refractivity contribution in [1.29, 1.82) is 0 Å². The molecule has 2 N–H and O–H groups in total. The van der Waals surface area contributed by atoms with Crippen LogP contribution in [0.4, 0.5) is 0 Å². The fourth-order valence-electron chi connectivity index (χ4n) is 6.59. The van der Waals surface area contributed by atoms with Gasteiger partial charge in [0.15, 0.2) is 0 Å². The van der Waals surface area contributed by atoms with Crippen LogP contribution in [-0.4, -0.2) is 78.6 Å². The summed E-state index contributed by atoms with van der Waals surface area (Å²) in [6, 6.07) is 3.65. The van der Waals surface area contributed by atoms with Gasteiger partial charge in [0.1, 0.15) is 23.7 Å². The molecule has 6 rings (SSSR count). The summed E-state index contributed by atoms with van der Waals surface area (Å²) in [7, 11) is -0.466. The molecule has 5 atom stereocenters. The number of fused-ring (bicyclic) bond motifs is 3. The zero-order valence-corrected chi connectivity index (χ0v) is 26.1. The first-order chi connectivity index (χ1) is 21.0. The van der Waals surface area contributed by atoms with Crippen molar-refractivity contribution < 1.29 is 32.3 Å². The molecule has 0 radical (unpaired) electrons. The Labute approximate surface area is 257 Å². The van der Waals surface area contributed by atoms with Crippen LogP contribution in [0.2, 0.25) is 0 Å². The van der Waals surface area contributed by atoms with Gasteiger partial charge in [-0.05, 0) is 70.4 Å². The SMILES string of the molecule is COc1ccc2c(O[C@H]3CC4C(=O)N(C)CCCC/C=C\[C@@H]5C[C@@]5(C(=O)NS(=O)(=O)C5CC5)NC(=O)[C@@H]4C3)ncnc2c1C. The first kappa shape index (κ1) is 30.3. The lowest BCUT2D eigenvalue weighted by atomic mass is 9.93. The standard InChI is InChI=1S/C31H39N5O7S/c1-18-25(42-3)12-11-22-26(18)32-17-33-28(22)43-20-14-23-24(15-20)29(38)36(2)13-7-5-4-6-8-19-16-31(19,34-27(23)37)30(39)35-44(40,41)21-9-10-21/h6,8,11-12,17,19-21,23-24H,4-5,7,9-10,13-16H2,1-3H3,(H,34,37)(H,35,39)/b8-6-/t19-,20-,23-,24?,31-/m1/s1. The number of benzene rings is 1. The smallest absolute Gasteiger partial charge is 0.259 e. The van der Waals surface area contributed by atoms with Crippen LogP contribution >= 0.6 is 0 Å². The average Bonchev–Trinajstić information content (AvgIpc) is 3.92. The van der Waals surface area contributed by atoms with E-state index >= 15 is 0 Å². The van der Waals surface area contributed by atoms with E-state index < -0.39 is 50.6 Å². The average molecular weight is 626 g/mol. The third-order valence-corrected chi connectivity index (χ3v) is 11.3. The second kappa shape index (κ2) is 11.6. The number of nitrogens with zero attached hydrogens (tertiary/aromatic N) is 3. The zero-order valence-electron chi connectivity index (χ0n) is 25.2. The molecule has 3 fully saturated rings. The number of sulfonamides is 1. The Kier molecular flexibility index (Phi) is 8.02. The maximum atomic E-state index is 14.0. The predicted molar refractivity (Wildman–Crippen MR) is 161 cm³/mol. The van der Waals surface area contributed by atoms with E-state index in [1.54, 1.807) is 19.1 Å². The molecule has 4 aliphatic rings. The molecule has 0 saturated heterocycles. The topological polar surface area (TPSA) is 157 Å². The van der Waals surface area contributed by atoms with Crippen molar-refractivity contribution in [1.82, 2.24) is 24.9 Å². The molecular weight excluding hydrogens is 586 g/mol. The number of aryl methyl sites for hydroxylation is 1. The molecule has 3 saturated carbocycles. The van der Waals surface area contributed by atoms with E-state index in [-0.39, 0.29) is 18.2 Å². The van der Waals surface area contributed by atoms with Gasteiger partial charge in [-0.3, -0.25) is 19.1 Å². The largest absolute Gasteiger partial charge is 0.496 e. The second-order valence-electron chi connectivity index (χ2n) is 12.5. The Bertz CT molecular complexity index is 1620. The highest BCUT2D eigenvalue weighted by Gasteiger charge is 2.62. The van der Waals surface area contributed by atoms with Crippen molar-refractivity contribution in [3.05, 3.63) is 36.2 Å². The van der Waals surface area contributed by atoms with Crippen LogP contribution < -0.4 is 19.5 Å². The summed E-state index contributed by atoms with van der Waals surface area (Å²) in [5, 5.41) is 3.03. The van der Waals surface area contributed by atoms with Gasteiger partial charge in [0, 0.05) is 25.1 Å². The van der Waals surface area contributed by atoms with Gasteiger partial charge in [-0.2, -0.15) is 0 Å². The molecule has 44 heavy (non-hydrogen) atoms. The molecule has 1 aromatic carbocycles. The van der Waals surface area contributed by atoms with Gasteiger partial charge < -0.3 is 19.7 Å². The number of carbonyl (C=O) groups is 3. The summed E-state index contributed by atoms with van der Waals surface area (Å²) in [6.07, 6.45) is 9.04. The first-order valence-electron chi connectivity index (χ1n) is 15.3. The number of ether oxygens (including phenoxy) is 2. The van der Waals surface area contributed by atoms with Gasteiger partial charge in [-0.1, -0.05) is 12.2 Å². The van der Waals surface area contributed by atoms with Crippen LogP contribution in [0.1, 0.15) is 56.9 Å². The van der Waals surface area contributed by atoms with E-state index in [2.05, 4.69) is 20.0 Å². The number of allylic oxidation sites excluding steroid dienone is 1. The molecular formula is C31H39N5O7S. The van der Waals surface area contributed by atoms with Crippen molar-refractivity contribution in [2.75, 3.05) is 20.7 Å². The fourth-order valence-corrected chi connectivity index (χ4v) is 7.96. The Morgan fingerprint density at radius 3 is 2.66 bits per heavy atom. The van der Waals surface area contributed by atoms with Gasteiger partial charge in [0.25, 0.3) is 5.91 Å². The van der Waals surface area contributed by atoms with Crippen molar-refractivity contribution in [2.45, 2.75) is 75.2 Å². The molecule has 2 heterocycles. The molecule has 1 aromatic heterocycles. The van der Waals surface area contributed by atoms with E-state index in [1.165, 1.54) is 6.33 Å². The third-order valence-electron chi connectivity index (χ3n) is 9.47. The minimum absolute atomic E-state index is 0.154. The summed E-state index contributed by atoms with van der Waals surface area (Å²) < 4.78 is 39.3. The van der Waals surface area contributed by atoms with Crippen molar-refractivity contribution in [3.63, 3.8) is 0 Å². The first-order valence-corrected chi connectivity index (χ1v) is 16.8. The highest BCUT2D eigenvalue weighted by molar-refractivity contribution is 7.91. The van der Waals surface area contributed by atoms with E-state index in [0.717, 1.165) is 24.8 Å². The molecule has 3 aliphatic carbocycles. The number of hydrogen-bond donors (Lipinski definition) is 2. The normalized spacial score (nSPS) is 30.0. The van der Waals surface area contributed by atoms with Crippen molar-refractivity contribution in [2.24, 2.45) is 17.8 Å². The molecule has 236 valence electrons. The number of carbonyl (C=O) groups excluding carboxylic acids is 3. The third kappa shape index (κ3) is 5.73. The maximum Gasteiger partial charge on any atom is 0.259 e. The minimum atomic E-state index is -3.80. The Balaban J connectivity index is 1.27. The summed E-state index contributed by atoms with van der Waals surface area (Å²) >= 11 is 0. The van der Waals surface area contributed by atoms with Crippen LogP contribution in [0.5, 0.6) is 11.6 Å². The number of aromatic nitrogens is 2. The van der Waals surface area contributed by atoms with Gasteiger partial charge in [-0.15, -0.1) is 0 Å². The molecule has 12 nitrogen and oxygen atoms in total. The van der Waals surface area contributed by atoms with Gasteiger partial charge in [0.05, 0.1) is 35.1 Å². The van der Waals surface area contributed by atoms with E-state index in [0.29, 0.717) is 54.8 Å². The van der Waals surface area contributed by atoms with E-state index in [1.807, 2.05) is 31.2 Å². The summed E-state index contributed by atoms with van der Waals surface area (Å²) in [5.41, 5.74) is 0.145. The summed E-state index contributed by atoms with van der Waals surface area (Å²) in [6.45, 7) is 2.47. The molecule has 0 bridgehead atoms. The summed E-state index contributed by atoms with van der Waals surface area (Å²) in [4.78, 5) is 51.6. The van der Waals surface area contributed by atoms with E-state index in [9.17, 15) is 22.8 Å². The molecule has 1 unspecified atom stereocenters. The molecule has 0 spiro atoms. The summed E-state index contributed by atoms with van der Waals surface area (Å²) in [5.74, 6) is -2.07. The Morgan fingerprint density at radius 2 is 1.91 bits per heavy atom. The lowest BCUT2D eigenvalue weighted by molar-refractivity contribution is -0.140. The lowest BCUT2D eigenvalue weighted by Crippen LogP contribution is -2.54. The van der Waals surface area contributed by atoms with E-state index in [4.69, 9.17) is 9.47 Å². The fraction of sp³-hybridized carbons (Fsp3) is 0.581. The number of amides is 3. The number of rotatable bonds is 6. The monoisotopic (exact) mass is 625 g/mol. The zero-order chi connectivity index (χ0) is 31.2. The Morgan fingerprint density at radius 1 is 1.14 bits per heavy atom. The molecule has 3 amide bonds. The lowest BCUT2D eigenvalue weighted by Gasteiger charge is -2.26. The molecule has 13 heteroatoms. The van der Waals surface area contributed by atoms with Crippen LogP contribution in [0.15, 0.2) is 30.6 Å². The van der Waals surface area contributed by atoms with Gasteiger partial charge >= 0.3 is 0 Å². The van der Waals surface area contributed by atoms with Gasteiger partial charge in [-0.25, -0.2) is 18.4 Å². The molecule has 2 aromatic rings. The van der Waals surface area contributed by atoms with Crippen LogP contribution in [0, 0.1) is 24.7 Å². The minimum Gasteiger partial charge on any atom is -0.496 e.